The Labute approximate surface area is 172 Å². The molecule has 0 aromatic heterocycles. The average Bonchev–Trinajstić information content (AvgIpc) is 2.99. The first-order valence-electron chi connectivity index (χ1n) is 9.21. The Morgan fingerprint density at radius 1 is 1.21 bits per heavy atom. The summed E-state index contributed by atoms with van der Waals surface area (Å²) in [6, 6.07) is 14.5. The minimum atomic E-state index is -0.772. The largest absolute Gasteiger partial charge is 0.457 e. The molecule has 2 aromatic carbocycles. The maximum atomic E-state index is 14.0. The van der Waals surface area contributed by atoms with E-state index in [1.54, 1.807) is 26.0 Å². The molecule has 1 saturated heterocycles. The fraction of sp³-hybridized carbons (Fsp3) is 0.227. The van der Waals surface area contributed by atoms with Gasteiger partial charge in [-0.3, -0.25) is 9.69 Å². The maximum Gasteiger partial charge on any atom is 0.338 e. The van der Waals surface area contributed by atoms with E-state index in [9.17, 15) is 14.0 Å². The van der Waals surface area contributed by atoms with Gasteiger partial charge in [0, 0.05) is 0 Å². The van der Waals surface area contributed by atoms with Gasteiger partial charge in [0.2, 0.25) is 5.91 Å². The first-order valence-corrected chi connectivity index (χ1v) is 10.1. The highest BCUT2D eigenvalue weighted by Crippen LogP contribution is 2.43. The third-order valence-corrected chi connectivity index (χ3v) is 5.91. The number of benzene rings is 2. The smallest absolute Gasteiger partial charge is 0.338 e. The van der Waals surface area contributed by atoms with Crippen molar-refractivity contribution in [1.82, 2.24) is 4.90 Å². The Bertz CT molecular complexity index is 1040. The molecule has 0 bridgehead atoms. The molecule has 1 fully saturated rings. The van der Waals surface area contributed by atoms with Crippen LogP contribution >= 0.6 is 11.8 Å². The number of hydrogen-bond acceptors (Lipinski definition) is 5. The van der Waals surface area contributed by atoms with Crippen molar-refractivity contribution in [2.24, 2.45) is 4.99 Å². The molecule has 2 aliphatic heterocycles. The second-order valence-corrected chi connectivity index (χ2v) is 8.19. The topological polar surface area (TPSA) is 59.0 Å². The van der Waals surface area contributed by atoms with Gasteiger partial charge in [-0.2, -0.15) is 0 Å². The summed E-state index contributed by atoms with van der Waals surface area (Å²) in [7, 11) is 0. The first kappa shape index (κ1) is 19.4. The van der Waals surface area contributed by atoms with Crippen LogP contribution in [0.5, 0.6) is 0 Å². The van der Waals surface area contributed by atoms with Crippen molar-refractivity contribution >= 4 is 28.8 Å². The van der Waals surface area contributed by atoms with Crippen molar-refractivity contribution in [2.75, 3.05) is 0 Å². The standard InChI is InChI=1S/C22H19FN2O3S/c1-13-18(21(27)28-12-15-7-4-3-5-8-15)19(16-9-6-10-17(23)11-16)25-20(26)14(2)29-22(25)24-13/h3-11,14,19H,12H2,1-2H3. The van der Waals surface area contributed by atoms with Gasteiger partial charge in [0.25, 0.3) is 0 Å². The van der Waals surface area contributed by atoms with Gasteiger partial charge in [-0.1, -0.05) is 54.2 Å². The van der Waals surface area contributed by atoms with Gasteiger partial charge in [-0.05, 0) is 37.1 Å². The molecular formula is C22H19FN2O3S. The molecule has 0 saturated carbocycles. The van der Waals surface area contributed by atoms with Crippen molar-refractivity contribution in [2.45, 2.75) is 31.7 Å². The van der Waals surface area contributed by atoms with Crippen molar-refractivity contribution in [3.05, 3.63) is 82.8 Å². The molecule has 2 aliphatic rings. The van der Waals surface area contributed by atoms with Gasteiger partial charge in [-0.15, -0.1) is 0 Å². The normalized spacial score (nSPS) is 21.1. The molecule has 2 aromatic rings. The Balaban J connectivity index is 1.72. The minimum Gasteiger partial charge on any atom is -0.457 e. The summed E-state index contributed by atoms with van der Waals surface area (Å²) >= 11 is 1.33. The van der Waals surface area contributed by atoms with Gasteiger partial charge in [0.05, 0.1) is 22.6 Å². The van der Waals surface area contributed by atoms with Crippen molar-refractivity contribution in [3.8, 4) is 0 Å². The fourth-order valence-electron chi connectivity index (χ4n) is 3.46. The number of halogens is 1. The molecule has 4 rings (SSSR count). The SMILES string of the molecule is CC1=C(C(=O)OCc2ccccc2)C(c2cccc(F)c2)N2C(=O)C(C)SC2=N1. The molecule has 0 aliphatic carbocycles. The van der Waals surface area contributed by atoms with Gasteiger partial charge < -0.3 is 4.74 Å². The van der Waals surface area contributed by atoms with Crippen LogP contribution in [0.1, 0.15) is 31.0 Å². The van der Waals surface area contributed by atoms with Crippen molar-refractivity contribution in [1.29, 1.82) is 0 Å². The quantitative estimate of drug-likeness (QED) is 0.709. The highest BCUT2D eigenvalue weighted by molar-refractivity contribution is 8.15. The molecular weight excluding hydrogens is 391 g/mol. The van der Waals surface area contributed by atoms with Crippen LogP contribution in [0.15, 0.2) is 70.9 Å². The van der Waals surface area contributed by atoms with E-state index in [0.29, 0.717) is 16.4 Å². The Hall–Kier alpha value is -2.93. The molecule has 0 radical (unpaired) electrons. The zero-order valence-corrected chi connectivity index (χ0v) is 16.8. The van der Waals surface area contributed by atoms with Crippen LogP contribution in [0.3, 0.4) is 0 Å². The number of aliphatic imine (C=N–C) groups is 1. The Kier molecular flexibility index (Phi) is 5.24. The molecule has 2 atom stereocenters. The molecule has 0 spiro atoms. The number of nitrogens with zero attached hydrogens (tertiary/aromatic N) is 2. The second-order valence-electron chi connectivity index (χ2n) is 6.88. The predicted octanol–water partition coefficient (Wildman–Crippen LogP) is 4.22. The number of rotatable bonds is 4. The number of carbonyl (C=O) groups excluding carboxylic acids is 2. The van der Waals surface area contributed by atoms with Gasteiger partial charge >= 0.3 is 5.97 Å². The lowest BCUT2D eigenvalue weighted by Crippen LogP contribution is -2.40. The average molecular weight is 410 g/mol. The van der Waals surface area contributed by atoms with E-state index in [-0.39, 0.29) is 23.3 Å². The van der Waals surface area contributed by atoms with Crippen LogP contribution < -0.4 is 0 Å². The lowest BCUT2D eigenvalue weighted by atomic mass is 9.94. The minimum absolute atomic E-state index is 0.0992. The summed E-state index contributed by atoms with van der Waals surface area (Å²) in [5.74, 6) is -1.17. The van der Waals surface area contributed by atoms with Crippen LogP contribution in [0, 0.1) is 5.82 Å². The summed E-state index contributed by atoms with van der Waals surface area (Å²) in [5.41, 5.74) is 2.07. The second kappa shape index (κ2) is 7.83. The Morgan fingerprint density at radius 3 is 2.69 bits per heavy atom. The fourth-order valence-corrected chi connectivity index (χ4v) is 4.49. The number of carbonyl (C=O) groups is 2. The molecule has 1 amide bonds. The summed E-state index contributed by atoms with van der Waals surface area (Å²) < 4.78 is 19.5. The lowest BCUT2D eigenvalue weighted by molar-refractivity contribution is -0.141. The molecule has 7 heteroatoms. The molecule has 2 unspecified atom stereocenters. The van der Waals surface area contributed by atoms with E-state index < -0.39 is 17.8 Å². The number of amidine groups is 1. The first-order chi connectivity index (χ1) is 14.0. The molecule has 2 heterocycles. The molecule has 5 nitrogen and oxygen atoms in total. The zero-order chi connectivity index (χ0) is 20.5. The van der Waals surface area contributed by atoms with E-state index in [4.69, 9.17) is 4.74 Å². The number of amides is 1. The third kappa shape index (κ3) is 3.70. The highest BCUT2D eigenvalue weighted by atomic mass is 32.2. The number of thioether (sulfide) groups is 1. The molecule has 29 heavy (non-hydrogen) atoms. The van der Waals surface area contributed by atoms with Crippen LogP contribution in [0.4, 0.5) is 4.39 Å². The van der Waals surface area contributed by atoms with E-state index in [1.165, 1.54) is 28.8 Å². The van der Waals surface area contributed by atoms with Gasteiger partial charge in [-0.25, -0.2) is 14.2 Å². The summed E-state index contributed by atoms with van der Waals surface area (Å²) in [5, 5.41) is 0.200. The number of allylic oxidation sites excluding steroid dienone is 1. The van der Waals surface area contributed by atoms with Crippen LogP contribution in [-0.2, 0) is 20.9 Å². The van der Waals surface area contributed by atoms with Crippen LogP contribution in [0.25, 0.3) is 0 Å². The van der Waals surface area contributed by atoms with Crippen LogP contribution in [0.2, 0.25) is 0 Å². The highest BCUT2D eigenvalue weighted by Gasteiger charge is 2.46. The van der Waals surface area contributed by atoms with Crippen LogP contribution in [-0.4, -0.2) is 27.2 Å². The number of fused-ring (bicyclic) bond motifs is 1. The summed E-state index contributed by atoms with van der Waals surface area (Å²) in [4.78, 5) is 31.8. The van der Waals surface area contributed by atoms with E-state index in [0.717, 1.165) is 5.56 Å². The number of esters is 1. The monoisotopic (exact) mass is 410 g/mol. The van der Waals surface area contributed by atoms with Crippen molar-refractivity contribution < 1.29 is 18.7 Å². The van der Waals surface area contributed by atoms with E-state index in [2.05, 4.69) is 4.99 Å². The third-order valence-electron chi connectivity index (χ3n) is 4.86. The van der Waals surface area contributed by atoms with Gasteiger partial charge in [0.1, 0.15) is 12.4 Å². The van der Waals surface area contributed by atoms with Crippen molar-refractivity contribution in [3.63, 3.8) is 0 Å². The zero-order valence-electron chi connectivity index (χ0n) is 16.0. The van der Waals surface area contributed by atoms with E-state index >= 15 is 0 Å². The Morgan fingerprint density at radius 2 is 1.97 bits per heavy atom. The van der Waals surface area contributed by atoms with Gasteiger partial charge in [0.15, 0.2) is 5.17 Å². The lowest BCUT2D eigenvalue weighted by Gasteiger charge is -2.33. The summed E-state index contributed by atoms with van der Waals surface area (Å²) in [6.07, 6.45) is 0. The number of ether oxygens (including phenoxy) is 1. The predicted molar refractivity (Wildman–Crippen MR) is 109 cm³/mol. The molecule has 148 valence electrons. The molecule has 0 N–H and O–H groups in total. The maximum absolute atomic E-state index is 14.0. The van der Waals surface area contributed by atoms with E-state index in [1.807, 2.05) is 30.3 Å². The number of hydrogen-bond donors (Lipinski definition) is 0. The summed E-state index contributed by atoms with van der Waals surface area (Å²) in [6.45, 7) is 3.60.